The van der Waals surface area contributed by atoms with E-state index in [4.69, 9.17) is 0 Å². The lowest BCUT2D eigenvalue weighted by atomic mass is 9.77. The van der Waals surface area contributed by atoms with Crippen molar-refractivity contribution in [1.29, 1.82) is 0 Å². The van der Waals surface area contributed by atoms with Crippen molar-refractivity contribution in [3.8, 4) is 0 Å². The van der Waals surface area contributed by atoms with Crippen molar-refractivity contribution in [1.82, 2.24) is 46.0 Å². The molecule has 4 saturated heterocycles. The van der Waals surface area contributed by atoms with Crippen molar-refractivity contribution in [2.24, 2.45) is 0 Å². The van der Waals surface area contributed by atoms with Crippen LogP contribution in [0.15, 0.2) is 0 Å². The van der Waals surface area contributed by atoms with Crippen LogP contribution < -0.4 is 16.0 Å². The van der Waals surface area contributed by atoms with Crippen LogP contribution >= 0.6 is 0 Å². The van der Waals surface area contributed by atoms with Gasteiger partial charge in [-0.1, -0.05) is 57.8 Å². The summed E-state index contributed by atoms with van der Waals surface area (Å²) in [6, 6.07) is -0.149. The van der Waals surface area contributed by atoms with Gasteiger partial charge in [-0.05, 0) is 141 Å². The van der Waals surface area contributed by atoms with Gasteiger partial charge in [0.1, 0.15) is 0 Å². The molecule has 7 aliphatic rings. The van der Waals surface area contributed by atoms with Gasteiger partial charge in [-0.15, -0.1) is 0 Å². The van der Waals surface area contributed by atoms with E-state index in [0.29, 0.717) is 20.0 Å². The Balaban J connectivity index is 1.39. The molecular weight excluding hydrogens is 751 g/mol. The first kappa shape index (κ1) is 46.6. The van der Waals surface area contributed by atoms with E-state index in [1.54, 1.807) is 0 Å². The number of carbonyl (C=O) groups is 3. The van der Waals surface area contributed by atoms with Gasteiger partial charge in [-0.25, -0.2) is 30.1 Å². The summed E-state index contributed by atoms with van der Waals surface area (Å²) < 4.78 is 0. The average molecular weight is 838 g/mol. The third-order valence-electron chi connectivity index (χ3n) is 15.6. The molecule has 0 aromatic heterocycles. The largest absolute Gasteiger partial charge is 0.300 e. The van der Waals surface area contributed by atoms with Crippen molar-refractivity contribution >= 4 is 17.3 Å². The first-order chi connectivity index (χ1) is 27.9. The van der Waals surface area contributed by atoms with E-state index in [1.165, 1.54) is 19.3 Å². The molecule has 60 heavy (non-hydrogen) atoms. The van der Waals surface area contributed by atoms with Crippen molar-refractivity contribution in [3.63, 3.8) is 0 Å². The number of carbonyl (C=O) groups excluding carboxylic acids is 3. The Morgan fingerprint density at radius 3 is 0.817 bits per heavy atom. The Hall–Kier alpha value is -1.35. The van der Waals surface area contributed by atoms with Crippen LogP contribution in [0.5, 0.6) is 0 Å². The molecule has 0 amide bonds. The Labute approximate surface area is 364 Å². The molecule has 0 bridgehead atoms. The molecule has 3 aliphatic carbocycles. The van der Waals surface area contributed by atoms with Crippen molar-refractivity contribution in [2.45, 2.75) is 268 Å². The quantitative estimate of drug-likeness (QED) is 0.225. The second kappa shape index (κ2) is 17.2. The molecule has 7 fully saturated rings. The lowest BCUT2D eigenvalue weighted by Gasteiger charge is -2.61. The summed E-state index contributed by atoms with van der Waals surface area (Å²) in [5.74, 6) is 0.787. The second-order valence-corrected chi connectivity index (χ2v) is 24.1. The zero-order chi connectivity index (χ0) is 43.6. The first-order valence-corrected chi connectivity index (χ1v) is 24.5. The Morgan fingerprint density at radius 2 is 0.600 bits per heavy atom. The number of ketones is 3. The molecule has 342 valence electrons. The lowest BCUT2D eigenvalue weighted by molar-refractivity contribution is -0.293. The summed E-state index contributed by atoms with van der Waals surface area (Å²) >= 11 is 0. The topological polar surface area (TPSA) is 107 Å². The highest BCUT2D eigenvalue weighted by atomic mass is 16.2. The van der Waals surface area contributed by atoms with Gasteiger partial charge in [0.05, 0.1) is 54.7 Å². The van der Waals surface area contributed by atoms with Gasteiger partial charge in [0, 0.05) is 34.7 Å². The molecule has 0 aromatic carbocycles. The molecule has 4 aliphatic heterocycles. The highest BCUT2D eigenvalue weighted by Gasteiger charge is 2.56. The molecular formula is C48H87N9O3. The van der Waals surface area contributed by atoms with Crippen LogP contribution in [0.4, 0.5) is 0 Å². The zero-order valence-corrected chi connectivity index (χ0v) is 40.2. The van der Waals surface area contributed by atoms with E-state index in [1.807, 2.05) is 0 Å². The Kier molecular flexibility index (Phi) is 13.4. The maximum absolute atomic E-state index is 15.0. The van der Waals surface area contributed by atoms with Crippen molar-refractivity contribution in [3.05, 3.63) is 0 Å². The number of hydrogen-bond donors (Lipinski definition) is 3. The molecule has 0 radical (unpaired) electrons. The molecule has 3 atom stereocenters. The van der Waals surface area contributed by atoms with Crippen LogP contribution in [0.25, 0.3) is 0 Å². The normalized spacial score (nSPS) is 33.9. The van der Waals surface area contributed by atoms with Crippen LogP contribution in [-0.4, -0.2) is 137 Å². The standard InChI is InChI=1S/C48H87N9O3/c1-43(2)28-37(40(58)46(7,8)49-43)55(34-22-16-13-17-23-34)52-31-53(56(35-24-18-14-19-25-35)38-29-44(3,4)50-47(9,10)41(38)59)33-54(32-52)57(36-26-20-15-21-27-36)39-30-45(5,6)51-48(11,12)42(39)60/h34-39,49-51H,13-33H2,1-12H3. The van der Waals surface area contributed by atoms with Crippen LogP contribution in [0.2, 0.25) is 0 Å². The molecule has 12 nitrogen and oxygen atoms in total. The number of rotatable bonds is 9. The number of hydrazine groups is 3. The predicted molar refractivity (Wildman–Crippen MR) is 240 cm³/mol. The monoisotopic (exact) mass is 838 g/mol. The fourth-order valence-electron chi connectivity index (χ4n) is 13.7. The lowest BCUT2D eigenvalue weighted by Crippen LogP contribution is -2.78. The average Bonchev–Trinajstić information content (AvgIpc) is 3.14. The minimum atomic E-state index is -0.672. The van der Waals surface area contributed by atoms with Crippen LogP contribution in [0.1, 0.15) is 199 Å². The minimum Gasteiger partial charge on any atom is -0.300 e. The van der Waals surface area contributed by atoms with E-state index in [0.717, 1.165) is 96.3 Å². The molecule has 3 N–H and O–H groups in total. The second-order valence-electron chi connectivity index (χ2n) is 24.1. The van der Waals surface area contributed by atoms with E-state index >= 15 is 0 Å². The third-order valence-corrected chi connectivity index (χ3v) is 15.6. The Morgan fingerprint density at radius 1 is 0.383 bits per heavy atom. The van der Waals surface area contributed by atoms with Gasteiger partial charge in [0.2, 0.25) is 0 Å². The molecule has 3 unspecified atom stereocenters. The van der Waals surface area contributed by atoms with E-state index in [2.05, 4.69) is 129 Å². The van der Waals surface area contributed by atoms with E-state index in [-0.39, 0.29) is 70.2 Å². The maximum Gasteiger partial charge on any atom is 0.170 e. The number of nitrogens with zero attached hydrogens (tertiary/aromatic N) is 6. The van der Waals surface area contributed by atoms with Gasteiger partial charge in [-0.3, -0.25) is 14.4 Å². The fraction of sp³-hybridized carbons (Fsp3) is 0.938. The summed E-state index contributed by atoms with van der Waals surface area (Å²) in [5.41, 5.74) is -2.71. The number of nitrogens with one attached hydrogen (secondary N) is 3. The van der Waals surface area contributed by atoms with Crippen molar-refractivity contribution < 1.29 is 14.4 Å². The third kappa shape index (κ3) is 9.82. The summed E-state index contributed by atoms with van der Waals surface area (Å²) in [7, 11) is 0. The molecule has 4 heterocycles. The first-order valence-electron chi connectivity index (χ1n) is 24.5. The molecule has 12 heteroatoms. The van der Waals surface area contributed by atoms with Gasteiger partial charge in [0.25, 0.3) is 0 Å². The SMILES string of the molecule is CC1(C)CC(N(C2CCCCC2)N2CN(N(C3CCCCC3)C3CC(C)(C)NC(C)(C)C3=O)CN(N(C3CCCCC3)C3CC(C)(C)NC(C)(C)C3=O)C2)C(=O)C(C)(C)N1. The van der Waals surface area contributed by atoms with Crippen molar-refractivity contribution in [2.75, 3.05) is 20.0 Å². The summed E-state index contributed by atoms with van der Waals surface area (Å²) in [5, 5.41) is 26.6. The Bertz CT molecular complexity index is 1370. The maximum atomic E-state index is 15.0. The van der Waals surface area contributed by atoms with E-state index < -0.39 is 16.6 Å². The predicted octanol–water partition coefficient (Wildman–Crippen LogP) is 6.89. The highest BCUT2D eigenvalue weighted by molar-refractivity contribution is 5.94. The fourth-order valence-corrected chi connectivity index (χ4v) is 13.7. The summed E-state index contributed by atoms with van der Waals surface area (Å²) in [6.07, 6.45) is 19.3. The summed E-state index contributed by atoms with van der Waals surface area (Å²) in [6.45, 7) is 27.8. The number of piperidine rings is 3. The van der Waals surface area contributed by atoms with Crippen LogP contribution in [-0.2, 0) is 14.4 Å². The molecule has 3 saturated carbocycles. The van der Waals surface area contributed by atoms with Gasteiger partial charge < -0.3 is 16.0 Å². The summed E-state index contributed by atoms with van der Waals surface area (Å²) in [4.78, 5) is 44.9. The molecule has 0 aromatic rings. The number of hydrogen-bond acceptors (Lipinski definition) is 12. The molecule has 0 spiro atoms. The number of Topliss-reactive ketones (excluding diaryl/α,β-unsaturated/α-hetero) is 3. The van der Waals surface area contributed by atoms with E-state index in [9.17, 15) is 14.4 Å². The minimum absolute atomic E-state index is 0.232. The molecule has 7 rings (SSSR count). The van der Waals surface area contributed by atoms with Crippen LogP contribution in [0, 0.1) is 0 Å². The van der Waals surface area contributed by atoms with Gasteiger partial charge >= 0.3 is 0 Å². The van der Waals surface area contributed by atoms with Gasteiger partial charge in [0.15, 0.2) is 17.3 Å². The zero-order valence-electron chi connectivity index (χ0n) is 40.2. The van der Waals surface area contributed by atoms with Gasteiger partial charge in [-0.2, -0.15) is 0 Å². The highest BCUT2D eigenvalue weighted by Crippen LogP contribution is 2.41. The van der Waals surface area contributed by atoms with Crippen LogP contribution in [0.3, 0.4) is 0 Å². The smallest absolute Gasteiger partial charge is 0.170 e.